The van der Waals surface area contributed by atoms with Crippen molar-refractivity contribution in [2.24, 2.45) is 0 Å². The molecule has 0 bridgehead atoms. The van der Waals surface area contributed by atoms with Crippen molar-refractivity contribution < 1.29 is 9.84 Å². The van der Waals surface area contributed by atoms with Crippen LogP contribution >= 0.6 is 0 Å². The second-order valence-corrected chi connectivity index (χ2v) is 4.92. The number of ether oxygens (including phenoxy) is 1. The molecule has 0 spiro atoms. The zero-order valence-electron chi connectivity index (χ0n) is 10.8. The summed E-state index contributed by atoms with van der Waals surface area (Å²) >= 11 is 0. The van der Waals surface area contributed by atoms with E-state index in [9.17, 15) is 5.11 Å². The first-order chi connectivity index (χ1) is 7.59. The van der Waals surface area contributed by atoms with Gasteiger partial charge in [-0.25, -0.2) is 0 Å². The zero-order valence-corrected chi connectivity index (χ0v) is 10.8. The van der Waals surface area contributed by atoms with Crippen molar-refractivity contribution in [3.05, 3.63) is 0 Å². The molecule has 0 radical (unpaired) electrons. The molecule has 1 atom stereocenters. The largest absolute Gasteiger partial charge is 0.389 e. The van der Waals surface area contributed by atoms with E-state index in [1.165, 1.54) is 0 Å². The zero-order chi connectivity index (χ0) is 12.0. The minimum absolute atomic E-state index is 0.279. The van der Waals surface area contributed by atoms with Crippen molar-refractivity contribution >= 4 is 0 Å². The fourth-order valence-corrected chi connectivity index (χ4v) is 2.08. The van der Waals surface area contributed by atoms with E-state index in [0.29, 0.717) is 13.2 Å². The summed E-state index contributed by atoms with van der Waals surface area (Å²) in [6.07, 6.45) is 1.94. The Labute approximate surface area is 99.0 Å². The predicted octanol–water partition coefficient (Wildman–Crippen LogP) is 0.458. The van der Waals surface area contributed by atoms with Crippen molar-refractivity contribution in [1.29, 1.82) is 0 Å². The van der Waals surface area contributed by atoms with Gasteiger partial charge in [-0.05, 0) is 46.8 Å². The van der Waals surface area contributed by atoms with Gasteiger partial charge in [-0.3, -0.25) is 0 Å². The van der Waals surface area contributed by atoms with E-state index in [0.717, 1.165) is 32.5 Å². The summed E-state index contributed by atoms with van der Waals surface area (Å²) in [5.74, 6) is 0. The molecule has 1 rings (SSSR count). The highest BCUT2D eigenvalue weighted by molar-refractivity contribution is 4.88. The molecule has 96 valence electrons. The van der Waals surface area contributed by atoms with Gasteiger partial charge in [-0.15, -0.1) is 0 Å². The van der Waals surface area contributed by atoms with Crippen LogP contribution in [0.1, 0.15) is 26.7 Å². The van der Waals surface area contributed by atoms with Crippen LogP contribution in [0, 0.1) is 0 Å². The van der Waals surface area contributed by atoms with Crippen molar-refractivity contribution in [3.63, 3.8) is 0 Å². The van der Waals surface area contributed by atoms with Crippen molar-refractivity contribution in [3.8, 4) is 0 Å². The molecule has 1 fully saturated rings. The lowest BCUT2D eigenvalue weighted by Crippen LogP contribution is -2.51. The van der Waals surface area contributed by atoms with E-state index in [1.807, 2.05) is 14.0 Å². The predicted molar refractivity (Wildman–Crippen MR) is 65.6 cm³/mol. The van der Waals surface area contributed by atoms with Crippen LogP contribution in [0.4, 0.5) is 0 Å². The molecule has 0 aromatic heterocycles. The van der Waals surface area contributed by atoms with Crippen LogP contribution in [0.2, 0.25) is 0 Å². The van der Waals surface area contributed by atoms with Gasteiger partial charge in [0.15, 0.2) is 0 Å². The number of rotatable bonds is 6. The standard InChI is InChI=1S/C12H26N2O2/c1-4-16-10-11(15)9-14-7-5-12(2,13-3)6-8-14/h11,13,15H,4-10H2,1-3H3. The van der Waals surface area contributed by atoms with Gasteiger partial charge in [-0.2, -0.15) is 0 Å². The highest BCUT2D eigenvalue weighted by Gasteiger charge is 2.28. The quantitative estimate of drug-likeness (QED) is 0.696. The highest BCUT2D eigenvalue weighted by atomic mass is 16.5. The van der Waals surface area contributed by atoms with Gasteiger partial charge >= 0.3 is 0 Å². The van der Waals surface area contributed by atoms with Crippen LogP contribution < -0.4 is 5.32 Å². The van der Waals surface area contributed by atoms with Gasteiger partial charge in [0, 0.05) is 18.7 Å². The van der Waals surface area contributed by atoms with Crippen LogP contribution in [-0.4, -0.2) is 61.5 Å². The van der Waals surface area contributed by atoms with Gasteiger partial charge in [-0.1, -0.05) is 0 Å². The lowest BCUT2D eigenvalue weighted by molar-refractivity contribution is 0.0123. The van der Waals surface area contributed by atoms with Crippen LogP contribution in [0.3, 0.4) is 0 Å². The smallest absolute Gasteiger partial charge is 0.0900 e. The summed E-state index contributed by atoms with van der Waals surface area (Å²) in [6, 6.07) is 0. The number of piperidine rings is 1. The van der Waals surface area contributed by atoms with Gasteiger partial charge in [0.1, 0.15) is 0 Å². The third-order valence-corrected chi connectivity index (χ3v) is 3.55. The van der Waals surface area contributed by atoms with Crippen molar-refractivity contribution in [1.82, 2.24) is 10.2 Å². The number of aliphatic hydroxyl groups excluding tert-OH is 1. The summed E-state index contributed by atoms with van der Waals surface area (Å²) in [4.78, 5) is 2.32. The monoisotopic (exact) mass is 230 g/mol. The minimum atomic E-state index is -0.348. The fraction of sp³-hybridized carbons (Fsp3) is 1.00. The number of likely N-dealkylation sites (tertiary alicyclic amines) is 1. The highest BCUT2D eigenvalue weighted by Crippen LogP contribution is 2.20. The number of hydrogen-bond acceptors (Lipinski definition) is 4. The lowest BCUT2D eigenvalue weighted by Gasteiger charge is -2.39. The third-order valence-electron chi connectivity index (χ3n) is 3.55. The molecule has 0 aromatic carbocycles. The first-order valence-electron chi connectivity index (χ1n) is 6.26. The van der Waals surface area contributed by atoms with Crippen LogP contribution in [-0.2, 0) is 4.74 Å². The number of hydrogen-bond donors (Lipinski definition) is 2. The molecule has 0 aliphatic carbocycles. The summed E-state index contributed by atoms with van der Waals surface area (Å²) in [7, 11) is 2.03. The van der Waals surface area contributed by atoms with Crippen molar-refractivity contribution in [2.45, 2.75) is 38.3 Å². The molecule has 16 heavy (non-hydrogen) atoms. The molecular weight excluding hydrogens is 204 g/mol. The maximum absolute atomic E-state index is 9.74. The summed E-state index contributed by atoms with van der Waals surface area (Å²) in [6.45, 7) is 8.19. The Hall–Kier alpha value is -0.160. The Morgan fingerprint density at radius 1 is 1.44 bits per heavy atom. The minimum Gasteiger partial charge on any atom is -0.389 e. The van der Waals surface area contributed by atoms with E-state index in [4.69, 9.17) is 4.74 Å². The molecule has 1 aliphatic heterocycles. The average molecular weight is 230 g/mol. The Kier molecular flexibility index (Phi) is 5.69. The molecule has 2 N–H and O–H groups in total. The molecule has 0 amide bonds. The SMILES string of the molecule is CCOCC(O)CN1CCC(C)(NC)CC1. The molecule has 1 saturated heterocycles. The maximum atomic E-state index is 9.74. The number of aliphatic hydroxyl groups is 1. The lowest BCUT2D eigenvalue weighted by atomic mass is 9.90. The fourth-order valence-electron chi connectivity index (χ4n) is 2.08. The van der Waals surface area contributed by atoms with E-state index < -0.39 is 0 Å². The second kappa shape index (κ2) is 6.55. The Morgan fingerprint density at radius 3 is 2.56 bits per heavy atom. The Morgan fingerprint density at radius 2 is 2.06 bits per heavy atom. The van der Waals surface area contributed by atoms with E-state index >= 15 is 0 Å². The third kappa shape index (κ3) is 4.37. The summed E-state index contributed by atoms with van der Waals surface area (Å²) in [5.41, 5.74) is 0.279. The normalized spacial score (nSPS) is 23.2. The Balaban J connectivity index is 2.21. The van der Waals surface area contributed by atoms with Crippen LogP contribution in [0.5, 0.6) is 0 Å². The van der Waals surface area contributed by atoms with Crippen LogP contribution in [0.15, 0.2) is 0 Å². The number of nitrogens with one attached hydrogen (secondary N) is 1. The topological polar surface area (TPSA) is 44.7 Å². The first-order valence-corrected chi connectivity index (χ1v) is 6.26. The second-order valence-electron chi connectivity index (χ2n) is 4.92. The van der Waals surface area contributed by atoms with Crippen LogP contribution in [0.25, 0.3) is 0 Å². The molecule has 1 heterocycles. The first kappa shape index (κ1) is 13.9. The van der Waals surface area contributed by atoms with E-state index in [-0.39, 0.29) is 11.6 Å². The molecular formula is C12H26N2O2. The summed E-state index contributed by atoms with van der Waals surface area (Å²) in [5, 5.41) is 13.1. The van der Waals surface area contributed by atoms with Gasteiger partial charge in [0.25, 0.3) is 0 Å². The van der Waals surface area contributed by atoms with Crippen molar-refractivity contribution in [2.75, 3.05) is 39.9 Å². The van der Waals surface area contributed by atoms with E-state index in [1.54, 1.807) is 0 Å². The molecule has 4 nitrogen and oxygen atoms in total. The van der Waals surface area contributed by atoms with Gasteiger partial charge in [0.05, 0.1) is 12.7 Å². The maximum Gasteiger partial charge on any atom is 0.0900 e. The molecule has 1 aliphatic rings. The van der Waals surface area contributed by atoms with E-state index in [2.05, 4.69) is 17.1 Å². The number of β-amino-alcohol motifs (C(OH)–C–C–N with tert-alkyl or cyclic N) is 1. The van der Waals surface area contributed by atoms with Gasteiger partial charge in [0.2, 0.25) is 0 Å². The summed E-state index contributed by atoms with van der Waals surface area (Å²) < 4.78 is 5.21. The molecule has 0 aromatic rings. The molecule has 4 heteroatoms. The number of nitrogens with zero attached hydrogens (tertiary/aromatic N) is 1. The van der Waals surface area contributed by atoms with Gasteiger partial charge < -0.3 is 20.1 Å². The molecule has 0 saturated carbocycles. The molecule has 1 unspecified atom stereocenters. The average Bonchev–Trinajstić information content (AvgIpc) is 2.30. The Bertz CT molecular complexity index is 191.